The Bertz CT molecular complexity index is 87.7. The smallest absolute Gasteiger partial charge is 0.327 e. The highest BCUT2D eigenvalue weighted by Crippen LogP contribution is 1.74. The second-order valence-corrected chi connectivity index (χ2v) is 1.97. The summed E-state index contributed by atoms with van der Waals surface area (Å²) in [6.07, 6.45) is 2.83. The second-order valence-electron chi connectivity index (χ2n) is 1.15. The van der Waals surface area contributed by atoms with Crippen molar-refractivity contribution in [2.45, 2.75) is 6.04 Å². The molecule has 0 aliphatic carbocycles. The number of carbonyl (C=O) groups is 1. The summed E-state index contributed by atoms with van der Waals surface area (Å²) >= 11 is 0. The van der Waals surface area contributed by atoms with Crippen LogP contribution in [0.15, 0.2) is 12.2 Å². The van der Waals surface area contributed by atoms with Gasteiger partial charge >= 0.3 is 5.97 Å². The first-order valence-corrected chi connectivity index (χ1v) is 3.58. The van der Waals surface area contributed by atoms with Crippen molar-refractivity contribution in [1.82, 2.24) is 0 Å². The van der Waals surface area contributed by atoms with E-state index in [2.05, 4.69) is 0 Å². The predicted molar refractivity (Wildman–Crippen MR) is 31.5 cm³/mol. The van der Waals surface area contributed by atoms with Gasteiger partial charge in [-0.1, -0.05) is 6.08 Å². The lowest BCUT2D eigenvalue weighted by Gasteiger charge is -1.73. The van der Waals surface area contributed by atoms with Gasteiger partial charge in [0.15, 0.2) is 0 Å². The minimum Gasteiger partial charge on any atom is -0.478 e. The average molecular weight is 116 g/mol. The number of carboxylic acid groups (broad SMARTS) is 1. The molecule has 0 aliphatic heterocycles. The van der Waals surface area contributed by atoms with E-state index in [1.54, 1.807) is 6.08 Å². The molecule has 7 heavy (non-hydrogen) atoms. The first-order valence-electron chi connectivity index (χ1n) is 2.17. The number of rotatable bonds is 2. The molecular weight excluding hydrogens is 108 g/mol. The Labute approximate surface area is 45.3 Å². The molecular formula is C4H8O2Si. The molecule has 40 valence electrons. The molecule has 2 nitrogen and oxygen atoms in total. The lowest BCUT2D eigenvalue weighted by molar-refractivity contribution is -0.131. The summed E-state index contributed by atoms with van der Waals surface area (Å²) in [6, 6.07) is 0.923. The molecule has 0 amide bonds. The topological polar surface area (TPSA) is 37.3 Å². The van der Waals surface area contributed by atoms with Crippen LogP contribution in [-0.4, -0.2) is 21.3 Å². The Hall–Kier alpha value is -0.573. The zero-order valence-corrected chi connectivity index (χ0v) is 6.22. The number of hydrogen-bond donors (Lipinski definition) is 1. The van der Waals surface area contributed by atoms with Crippen molar-refractivity contribution in [3.63, 3.8) is 0 Å². The van der Waals surface area contributed by atoms with Gasteiger partial charge in [-0.3, -0.25) is 0 Å². The largest absolute Gasteiger partial charge is 0.478 e. The molecule has 0 bridgehead atoms. The highest BCUT2D eigenvalue weighted by molar-refractivity contribution is 6.09. The van der Waals surface area contributed by atoms with E-state index >= 15 is 0 Å². The highest BCUT2D eigenvalue weighted by atomic mass is 28.1. The van der Waals surface area contributed by atoms with Crippen molar-refractivity contribution in [1.29, 1.82) is 0 Å². The third-order valence-electron chi connectivity index (χ3n) is 0.496. The van der Waals surface area contributed by atoms with Gasteiger partial charge in [-0.05, 0) is 6.04 Å². The van der Waals surface area contributed by atoms with E-state index < -0.39 is 5.97 Å². The molecule has 1 N–H and O–H groups in total. The summed E-state index contributed by atoms with van der Waals surface area (Å²) in [6.45, 7) is 0. The average Bonchev–Trinajstić information content (AvgIpc) is 1.61. The first-order chi connectivity index (χ1) is 3.27. The van der Waals surface area contributed by atoms with E-state index in [-0.39, 0.29) is 0 Å². The summed E-state index contributed by atoms with van der Waals surface area (Å²) in [5.74, 6) is -0.851. The lowest BCUT2D eigenvalue weighted by Crippen LogP contribution is -1.84. The van der Waals surface area contributed by atoms with Crippen LogP contribution < -0.4 is 0 Å². The molecule has 0 radical (unpaired) electrons. The molecule has 0 aliphatic rings. The summed E-state index contributed by atoms with van der Waals surface area (Å²) < 4.78 is 0. The fourth-order valence-electron chi connectivity index (χ4n) is 0.219. The number of carboxylic acids is 1. The van der Waals surface area contributed by atoms with Crippen LogP contribution in [0.2, 0.25) is 6.04 Å². The van der Waals surface area contributed by atoms with Crippen LogP contribution >= 0.6 is 0 Å². The van der Waals surface area contributed by atoms with Crippen molar-refractivity contribution in [2.24, 2.45) is 0 Å². The van der Waals surface area contributed by atoms with Crippen molar-refractivity contribution in [3.05, 3.63) is 12.2 Å². The molecule has 3 heteroatoms. The summed E-state index contributed by atoms with van der Waals surface area (Å²) in [5, 5.41) is 7.97. The van der Waals surface area contributed by atoms with Gasteiger partial charge in [-0.2, -0.15) is 0 Å². The van der Waals surface area contributed by atoms with Gasteiger partial charge in [0.05, 0.1) is 0 Å². The molecule has 0 aromatic rings. The molecule has 0 spiro atoms. The number of hydrogen-bond acceptors (Lipinski definition) is 1. The number of allylic oxidation sites excluding steroid dienone is 1. The SMILES string of the molecule is O=C(O)C=CC[SiH3]. The minimum absolute atomic E-state index is 0.851. The van der Waals surface area contributed by atoms with Crippen molar-refractivity contribution >= 4 is 16.2 Å². The van der Waals surface area contributed by atoms with E-state index in [0.717, 1.165) is 16.3 Å². The van der Waals surface area contributed by atoms with Crippen LogP contribution in [0.1, 0.15) is 0 Å². The second kappa shape index (κ2) is 3.61. The quantitative estimate of drug-likeness (QED) is 0.387. The van der Waals surface area contributed by atoms with Crippen LogP contribution in [0.5, 0.6) is 0 Å². The Morgan fingerprint density at radius 3 is 2.57 bits per heavy atom. The van der Waals surface area contributed by atoms with Gasteiger partial charge in [0.25, 0.3) is 0 Å². The first kappa shape index (κ1) is 6.43. The molecule has 0 saturated carbocycles. The minimum atomic E-state index is -0.851. The van der Waals surface area contributed by atoms with Crippen LogP contribution in [0.25, 0.3) is 0 Å². The molecule has 0 aromatic carbocycles. The Morgan fingerprint density at radius 2 is 2.43 bits per heavy atom. The zero-order chi connectivity index (χ0) is 5.70. The maximum absolute atomic E-state index is 9.69. The Morgan fingerprint density at radius 1 is 1.86 bits per heavy atom. The molecule has 0 atom stereocenters. The van der Waals surface area contributed by atoms with E-state index in [0.29, 0.717) is 0 Å². The lowest BCUT2D eigenvalue weighted by atomic mass is 10.5. The highest BCUT2D eigenvalue weighted by Gasteiger charge is 1.79. The van der Waals surface area contributed by atoms with Crippen molar-refractivity contribution in [3.8, 4) is 0 Å². The third-order valence-corrected chi connectivity index (χ3v) is 0.968. The van der Waals surface area contributed by atoms with E-state index in [1.807, 2.05) is 0 Å². The zero-order valence-electron chi connectivity index (χ0n) is 4.22. The van der Waals surface area contributed by atoms with Crippen molar-refractivity contribution < 1.29 is 9.90 Å². The van der Waals surface area contributed by atoms with Gasteiger partial charge in [-0.15, -0.1) is 0 Å². The Kier molecular flexibility index (Phi) is 3.32. The molecule has 0 saturated heterocycles. The summed E-state index contributed by atoms with van der Waals surface area (Å²) in [5.41, 5.74) is 0. The van der Waals surface area contributed by atoms with Gasteiger partial charge < -0.3 is 5.11 Å². The van der Waals surface area contributed by atoms with Gasteiger partial charge in [-0.25, -0.2) is 4.79 Å². The predicted octanol–water partition coefficient (Wildman–Crippen LogP) is -0.589. The molecule has 0 fully saturated rings. The fourth-order valence-corrected chi connectivity index (χ4v) is 0.454. The Balaban J connectivity index is 3.26. The standard InChI is InChI=1S/C4H8O2Si/c5-4(6)2-1-3-7/h1-2H,3H2,7H3,(H,5,6). The number of aliphatic carboxylic acids is 1. The van der Waals surface area contributed by atoms with E-state index in [4.69, 9.17) is 5.11 Å². The molecule has 0 rings (SSSR count). The van der Waals surface area contributed by atoms with Crippen LogP contribution in [0, 0.1) is 0 Å². The van der Waals surface area contributed by atoms with Gasteiger partial charge in [0, 0.05) is 16.3 Å². The fraction of sp³-hybridized carbons (Fsp3) is 0.250. The molecule has 0 aromatic heterocycles. The van der Waals surface area contributed by atoms with Gasteiger partial charge in [0.2, 0.25) is 0 Å². The van der Waals surface area contributed by atoms with Gasteiger partial charge in [0.1, 0.15) is 0 Å². The maximum Gasteiger partial charge on any atom is 0.327 e. The van der Waals surface area contributed by atoms with E-state index in [1.165, 1.54) is 6.08 Å². The third kappa shape index (κ3) is 5.43. The normalized spacial score (nSPS) is 10.3. The molecule has 0 unspecified atom stereocenters. The van der Waals surface area contributed by atoms with Crippen molar-refractivity contribution in [2.75, 3.05) is 0 Å². The summed E-state index contributed by atoms with van der Waals surface area (Å²) in [7, 11) is 1.04. The summed E-state index contributed by atoms with van der Waals surface area (Å²) in [4.78, 5) is 9.69. The molecule has 0 heterocycles. The maximum atomic E-state index is 9.69. The van der Waals surface area contributed by atoms with Crippen LogP contribution in [0.3, 0.4) is 0 Å². The van der Waals surface area contributed by atoms with E-state index in [9.17, 15) is 4.79 Å². The monoisotopic (exact) mass is 116 g/mol. The van der Waals surface area contributed by atoms with Crippen LogP contribution in [-0.2, 0) is 4.79 Å². The van der Waals surface area contributed by atoms with Crippen LogP contribution in [0.4, 0.5) is 0 Å².